The molecule has 1 aliphatic heterocycles. The van der Waals surface area contributed by atoms with Gasteiger partial charge in [-0.05, 0) is 40.2 Å². The van der Waals surface area contributed by atoms with Crippen LogP contribution in [0.3, 0.4) is 0 Å². The Morgan fingerprint density at radius 1 is 1.10 bits per heavy atom. The van der Waals surface area contributed by atoms with Crippen molar-refractivity contribution >= 4 is 27.5 Å². The largest absolute Gasteiger partial charge is 0.490 e. The summed E-state index contributed by atoms with van der Waals surface area (Å²) >= 11 is 3.16. The molecule has 1 aliphatic rings. The molecule has 0 bridgehead atoms. The van der Waals surface area contributed by atoms with Crippen molar-refractivity contribution in [3.63, 3.8) is 0 Å². The lowest BCUT2D eigenvalue weighted by Gasteiger charge is -2.09. The molecule has 0 saturated carbocycles. The molecule has 0 spiro atoms. The Morgan fingerprint density at radius 2 is 1.90 bits per heavy atom. The van der Waals surface area contributed by atoms with E-state index in [0.717, 1.165) is 6.42 Å². The number of benzene rings is 1. The van der Waals surface area contributed by atoms with E-state index in [0.29, 0.717) is 35.1 Å². The molecule has 104 valence electrons. The fourth-order valence-corrected chi connectivity index (χ4v) is 2.18. The Bertz CT molecular complexity index is 638. The molecule has 20 heavy (non-hydrogen) atoms. The number of fused-ring (bicyclic) bond motifs is 1. The minimum atomic E-state index is -0.315. The maximum Gasteiger partial charge on any atom is 0.291 e. The molecule has 1 N–H and O–H groups in total. The zero-order valence-corrected chi connectivity index (χ0v) is 12.1. The van der Waals surface area contributed by atoms with Gasteiger partial charge in [-0.3, -0.25) is 4.79 Å². The Morgan fingerprint density at radius 3 is 2.65 bits per heavy atom. The van der Waals surface area contributed by atoms with E-state index in [4.69, 9.17) is 13.9 Å². The maximum absolute atomic E-state index is 12.0. The molecule has 2 aromatic rings. The van der Waals surface area contributed by atoms with Crippen LogP contribution in [-0.4, -0.2) is 19.1 Å². The molecule has 3 rings (SSSR count). The number of hydrogen-bond donors (Lipinski definition) is 1. The van der Waals surface area contributed by atoms with Gasteiger partial charge in [-0.2, -0.15) is 0 Å². The predicted molar refractivity (Wildman–Crippen MR) is 76.4 cm³/mol. The molecule has 1 amide bonds. The molecule has 0 saturated heterocycles. The predicted octanol–water partition coefficient (Wildman–Crippen LogP) is 3.46. The van der Waals surface area contributed by atoms with Crippen molar-refractivity contribution in [2.24, 2.45) is 0 Å². The van der Waals surface area contributed by atoms with Crippen LogP contribution in [0.5, 0.6) is 11.5 Å². The second kappa shape index (κ2) is 5.58. The summed E-state index contributed by atoms with van der Waals surface area (Å²) < 4.78 is 16.8. The van der Waals surface area contributed by atoms with Crippen molar-refractivity contribution < 1.29 is 18.7 Å². The number of carbonyl (C=O) groups is 1. The quantitative estimate of drug-likeness (QED) is 0.911. The van der Waals surface area contributed by atoms with Crippen molar-refractivity contribution in [2.45, 2.75) is 6.42 Å². The highest BCUT2D eigenvalue weighted by atomic mass is 79.9. The van der Waals surface area contributed by atoms with Gasteiger partial charge in [-0.15, -0.1) is 0 Å². The zero-order valence-electron chi connectivity index (χ0n) is 10.5. The Kier molecular flexibility index (Phi) is 3.64. The minimum Gasteiger partial charge on any atom is -0.490 e. The normalized spacial score (nSPS) is 13.7. The SMILES string of the molecule is O=C(Nc1ccc2c(c1)OCCCO2)c1ccc(Br)o1. The van der Waals surface area contributed by atoms with Crippen LogP contribution in [0, 0.1) is 0 Å². The Hall–Kier alpha value is -1.95. The second-order valence-corrected chi connectivity index (χ2v) is 5.05. The Balaban J connectivity index is 1.77. The van der Waals surface area contributed by atoms with Crippen LogP contribution < -0.4 is 14.8 Å². The van der Waals surface area contributed by atoms with Gasteiger partial charge in [0, 0.05) is 18.2 Å². The van der Waals surface area contributed by atoms with Crippen molar-refractivity contribution in [3.05, 3.63) is 40.8 Å². The van der Waals surface area contributed by atoms with Crippen LogP contribution in [0.25, 0.3) is 0 Å². The highest BCUT2D eigenvalue weighted by Gasteiger charge is 2.14. The van der Waals surface area contributed by atoms with Crippen molar-refractivity contribution in [1.29, 1.82) is 0 Å². The summed E-state index contributed by atoms with van der Waals surface area (Å²) in [6, 6.07) is 8.57. The van der Waals surface area contributed by atoms with Gasteiger partial charge in [0.05, 0.1) is 13.2 Å². The van der Waals surface area contributed by atoms with Crippen molar-refractivity contribution in [1.82, 2.24) is 0 Å². The summed E-state index contributed by atoms with van der Waals surface area (Å²) in [5.41, 5.74) is 0.631. The van der Waals surface area contributed by atoms with Gasteiger partial charge in [0.1, 0.15) is 0 Å². The third-order valence-electron chi connectivity index (χ3n) is 2.80. The molecule has 2 heterocycles. The number of halogens is 1. The standard InChI is InChI=1S/C14H12BrNO4/c15-13-5-4-11(20-13)14(17)16-9-2-3-10-12(8-9)19-7-1-6-18-10/h2-5,8H,1,6-7H2,(H,16,17). The van der Waals surface area contributed by atoms with E-state index in [1.807, 2.05) is 0 Å². The van der Waals surface area contributed by atoms with E-state index >= 15 is 0 Å². The first-order chi connectivity index (χ1) is 9.72. The third kappa shape index (κ3) is 2.80. The summed E-state index contributed by atoms with van der Waals surface area (Å²) in [6.45, 7) is 1.24. The monoisotopic (exact) mass is 337 g/mol. The average molecular weight is 338 g/mol. The van der Waals surface area contributed by atoms with E-state index in [-0.39, 0.29) is 11.7 Å². The Labute approximate surface area is 124 Å². The lowest BCUT2D eigenvalue weighted by molar-refractivity contribution is 0.0995. The summed E-state index contributed by atoms with van der Waals surface area (Å²) in [6.07, 6.45) is 0.844. The molecule has 0 unspecified atom stereocenters. The number of hydrogen-bond acceptors (Lipinski definition) is 4. The molecule has 0 atom stereocenters. The van der Waals surface area contributed by atoms with Crippen LogP contribution in [0.1, 0.15) is 17.0 Å². The first-order valence-electron chi connectivity index (χ1n) is 6.19. The lowest BCUT2D eigenvalue weighted by Crippen LogP contribution is -2.10. The van der Waals surface area contributed by atoms with Crippen LogP contribution in [0.4, 0.5) is 5.69 Å². The molecular weight excluding hydrogens is 326 g/mol. The number of nitrogens with one attached hydrogen (secondary N) is 1. The molecule has 5 nitrogen and oxygen atoms in total. The van der Waals surface area contributed by atoms with Gasteiger partial charge in [0.25, 0.3) is 5.91 Å². The number of ether oxygens (including phenoxy) is 2. The highest BCUT2D eigenvalue weighted by molar-refractivity contribution is 9.10. The van der Waals surface area contributed by atoms with Gasteiger partial charge in [0.15, 0.2) is 21.9 Å². The smallest absolute Gasteiger partial charge is 0.291 e. The fourth-order valence-electron chi connectivity index (χ4n) is 1.87. The van der Waals surface area contributed by atoms with Gasteiger partial charge in [0.2, 0.25) is 0 Å². The number of amides is 1. The minimum absolute atomic E-state index is 0.240. The van der Waals surface area contributed by atoms with Gasteiger partial charge < -0.3 is 19.2 Å². The number of anilines is 1. The van der Waals surface area contributed by atoms with Gasteiger partial charge in [-0.1, -0.05) is 0 Å². The van der Waals surface area contributed by atoms with Gasteiger partial charge in [-0.25, -0.2) is 0 Å². The highest BCUT2D eigenvalue weighted by Crippen LogP contribution is 2.32. The lowest BCUT2D eigenvalue weighted by atomic mass is 10.2. The maximum atomic E-state index is 12.0. The van der Waals surface area contributed by atoms with Crippen LogP contribution in [0.2, 0.25) is 0 Å². The van der Waals surface area contributed by atoms with E-state index in [2.05, 4.69) is 21.2 Å². The number of rotatable bonds is 2. The van der Waals surface area contributed by atoms with E-state index in [9.17, 15) is 4.79 Å². The second-order valence-electron chi connectivity index (χ2n) is 4.27. The molecule has 1 aromatic heterocycles. The molecule has 6 heteroatoms. The molecule has 0 fully saturated rings. The summed E-state index contributed by atoms with van der Waals surface area (Å²) in [5.74, 6) is 1.26. The van der Waals surface area contributed by atoms with E-state index < -0.39 is 0 Å². The van der Waals surface area contributed by atoms with E-state index in [1.54, 1.807) is 30.3 Å². The first-order valence-corrected chi connectivity index (χ1v) is 6.98. The third-order valence-corrected chi connectivity index (χ3v) is 3.23. The molecule has 0 radical (unpaired) electrons. The van der Waals surface area contributed by atoms with Crippen LogP contribution >= 0.6 is 15.9 Å². The van der Waals surface area contributed by atoms with Crippen molar-refractivity contribution in [2.75, 3.05) is 18.5 Å². The molecular formula is C14H12BrNO4. The number of carbonyl (C=O) groups excluding carboxylic acids is 1. The van der Waals surface area contributed by atoms with Gasteiger partial charge >= 0.3 is 0 Å². The van der Waals surface area contributed by atoms with Crippen LogP contribution in [0.15, 0.2) is 39.4 Å². The summed E-state index contributed by atoms with van der Waals surface area (Å²) in [5, 5.41) is 2.75. The van der Waals surface area contributed by atoms with E-state index in [1.165, 1.54) is 0 Å². The molecule has 1 aromatic carbocycles. The zero-order chi connectivity index (χ0) is 13.9. The molecule has 0 aliphatic carbocycles. The van der Waals surface area contributed by atoms with Crippen molar-refractivity contribution in [3.8, 4) is 11.5 Å². The summed E-state index contributed by atoms with van der Waals surface area (Å²) in [7, 11) is 0. The summed E-state index contributed by atoms with van der Waals surface area (Å²) in [4.78, 5) is 12.0. The first kappa shape index (κ1) is 13.1. The fraction of sp³-hybridized carbons (Fsp3) is 0.214. The topological polar surface area (TPSA) is 60.7 Å². The average Bonchev–Trinajstić information content (AvgIpc) is 2.74. The van der Waals surface area contributed by atoms with Crippen LogP contribution in [-0.2, 0) is 0 Å². The number of furan rings is 1.